The van der Waals surface area contributed by atoms with Gasteiger partial charge in [-0.05, 0) is 37.0 Å². The number of benzene rings is 2. The van der Waals surface area contributed by atoms with Gasteiger partial charge in [0, 0.05) is 12.0 Å². The fourth-order valence-electron chi connectivity index (χ4n) is 3.25. The smallest absolute Gasteiger partial charge is 0.163 e. The predicted octanol–water partition coefficient (Wildman–Crippen LogP) is 4.54. The van der Waals surface area contributed by atoms with Crippen LogP contribution in [0.15, 0.2) is 64.1 Å². The Bertz CT molecular complexity index is 897. The third kappa shape index (κ3) is 2.60. The van der Waals surface area contributed by atoms with Crippen molar-refractivity contribution in [2.45, 2.75) is 25.7 Å². The zero-order valence-electron chi connectivity index (χ0n) is 13.4. The van der Waals surface area contributed by atoms with Gasteiger partial charge in [-0.3, -0.25) is 0 Å². The molecule has 0 fully saturated rings. The van der Waals surface area contributed by atoms with Gasteiger partial charge in [0.05, 0.1) is 5.71 Å². The molecule has 1 atom stereocenters. The van der Waals surface area contributed by atoms with Gasteiger partial charge in [-0.1, -0.05) is 47.6 Å². The Morgan fingerprint density at radius 1 is 1.00 bits per heavy atom. The number of phenols is 1. The van der Waals surface area contributed by atoms with Crippen molar-refractivity contribution in [2.24, 2.45) is 4.99 Å². The third-order valence-corrected chi connectivity index (χ3v) is 4.50. The summed E-state index contributed by atoms with van der Waals surface area (Å²) in [6, 6.07) is 17.7. The Morgan fingerprint density at radius 3 is 2.54 bits per heavy atom. The van der Waals surface area contributed by atoms with E-state index in [2.05, 4.69) is 17.3 Å². The lowest BCUT2D eigenvalue weighted by molar-refractivity contribution is 0.373. The fraction of sp³-hybridized carbons (Fsp3) is 0.200. The topological polar surface area (TPSA) is 58.6 Å². The van der Waals surface area contributed by atoms with Gasteiger partial charge in [0.25, 0.3) is 0 Å². The first-order chi connectivity index (χ1) is 11.7. The Kier molecular flexibility index (Phi) is 3.65. The number of rotatable bonds is 2. The monoisotopic (exact) mass is 318 g/mol. The molecule has 3 aromatic rings. The molecule has 1 N–H and O–H groups in total. The molecule has 4 nitrogen and oxygen atoms in total. The Balaban J connectivity index is 1.84. The summed E-state index contributed by atoms with van der Waals surface area (Å²) in [5, 5.41) is 14.3. The molecule has 0 radical (unpaired) electrons. The van der Waals surface area contributed by atoms with Gasteiger partial charge in [-0.15, -0.1) is 0 Å². The second-order valence-corrected chi connectivity index (χ2v) is 6.13. The summed E-state index contributed by atoms with van der Waals surface area (Å²) in [4.78, 5) is 4.81. The van der Waals surface area contributed by atoms with Gasteiger partial charge in [0.2, 0.25) is 0 Å². The number of para-hydroxylation sites is 1. The van der Waals surface area contributed by atoms with E-state index in [1.165, 1.54) is 5.56 Å². The summed E-state index contributed by atoms with van der Waals surface area (Å²) in [6.07, 6.45) is 1.49. The molecule has 0 aliphatic carbocycles. The second kappa shape index (κ2) is 5.96. The van der Waals surface area contributed by atoms with Gasteiger partial charge in [0.15, 0.2) is 5.76 Å². The lowest BCUT2D eigenvalue weighted by Crippen LogP contribution is -2.09. The van der Waals surface area contributed by atoms with Crippen molar-refractivity contribution < 1.29 is 9.63 Å². The first-order valence-corrected chi connectivity index (χ1v) is 8.08. The van der Waals surface area contributed by atoms with Gasteiger partial charge in [-0.2, -0.15) is 0 Å². The number of fused-ring (bicyclic) bond motifs is 1. The Morgan fingerprint density at radius 2 is 1.75 bits per heavy atom. The quantitative estimate of drug-likeness (QED) is 0.754. The van der Waals surface area contributed by atoms with Gasteiger partial charge in [-0.25, -0.2) is 4.99 Å². The lowest BCUT2D eigenvalue weighted by Gasteiger charge is -2.16. The van der Waals surface area contributed by atoms with Crippen molar-refractivity contribution in [3.8, 4) is 5.75 Å². The van der Waals surface area contributed by atoms with Crippen LogP contribution in [0.25, 0.3) is 0 Å². The number of phenolic OH excluding ortho intramolecular Hbond substituents is 1. The standard InChI is InChI=1S/C20H18N2O2/c1-13-20-19(24-22-13)12-15(14-7-3-2-4-8-14)11-17(21-20)16-9-5-6-10-18(16)23/h2-10,15,23H,11-12H2,1H3. The number of aromatic nitrogens is 1. The van der Waals surface area contributed by atoms with E-state index in [4.69, 9.17) is 9.52 Å². The molecule has 0 bridgehead atoms. The SMILES string of the molecule is Cc1noc2c1N=C(c1ccccc1O)CC(c1ccccc1)C2. The molecule has 2 aromatic carbocycles. The summed E-state index contributed by atoms with van der Waals surface area (Å²) in [5.41, 5.74) is 4.46. The van der Waals surface area contributed by atoms with Gasteiger partial charge in [0.1, 0.15) is 17.1 Å². The van der Waals surface area contributed by atoms with Crippen LogP contribution in [0, 0.1) is 6.92 Å². The highest BCUT2D eigenvalue weighted by molar-refractivity contribution is 6.05. The van der Waals surface area contributed by atoms with E-state index in [0.29, 0.717) is 0 Å². The maximum atomic E-state index is 10.3. The molecule has 0 saturated heterocycles. The normalized spacial score (nSPS) is 17.0. The van der Waals surface area contributed by atoms with Crippen LogP contribution in [0.2, 0.25) is 0 Å². The molecule has 1 unspecified atom stereocenters. The van der Waals surface area contributed by atoms with E-state index < -0.39 is 0 Å². The highest BCUT2D eigenvalue weighted by Gasteiger charge is 2.26. The molecule has 4 rings (SSSR count). The Hall–Kier alpha value is -2.88. The summed E-state index contributed by atoms with van der Waals surface area (Å²) in [6.45, 7) is 1.90. The zero-order chi connectivity index (χ0) is 16.5. The van der Waals surface area contributed by atoms with Crippen molar-refractivity contribution in [3.63, 3.8) is 0 Å². The second-order valence-electron chi connectivity index (χ2n) is 6.13. The van der Waals surface area contributed by atoms with E-state index in [0.717, 1.165) is 41.3 Å². The van der Waals surface area contributed by atoms with E-state index in [9.17, 15) is 5.11 Å². The third-order valence-electron chi connectivity index (χ3n) is 4.50. The summed E-state index contributed by atoms with van der Waals surface area (Å²) >= 11 is 0. The van der Waals surface area contributed by atoms with Crippen LogP contribution in [0.3, 0.4) is 0 Å². The maximum absolute atomic E-state index is 10.3. The van der Waals surface area contributed by atoms with Crippen molar-refractivity contribution in [1.82, 2.24) is 5.16 Å². The van der Waals surface area contributed by atoms with E-state index in [-0.39, 0.29) is 11.7 Å². The number of hydrogen-bond donors (Lipinski definition) is 1. The minimum Gasteiger partial charge on any atom is -0.507 e. The van der Waals surface area contributed by atoms with Crippen molar-refractivity contribution in [1.29, 1.82) is 0 Å². The minimum absolute atomic E-state index is 0.234. The van der Waals surface area contributed by atoms with Crippen molar-refractivity contribution in [2.75, 3.05) is 0 Å². The molecule has 1 aromatic heterocycles. The minimum atomic E-state index is 0.234. The van der Waals surface area contributed by atoms with Crippen LogP contribution >= 0.6 is 0 Å². The van der Waals surface area contributed by atoms with Gasteiger partial charge >= 0.3 is 0 Å². The largest absolute Gasteiger partial charge is 0.507 e. The summed E-state index contributed by atoms with van der Waals surface area (Å²) < 4.78 is 5.51. The average molecular weight is 318 g/mol. The molecular weight excluding hydrogens is 300 g/mol. The first-order valence-electron chi connectivity index (χ1n) is 8.08. The van der Waals surface area contributed by atoms with Crippen LogP contribution < -0.4 is 0 Å². The molecule has 0 spiro atoms. The van der Waals surface area contributed by atoms with Crippen molar-refractivity contribution >= 4 is 11.4 Å². The number of aryl methyl sites for hydroxylation is 1. The lowest BCUT2D eigenvalue weighted by atomic mass is 9.88. The number of nitrogens with zero attached hydrogens (tertiary/aromatic N) is 2. The molecule has 1 aliphatic heterocycles. The fourth-order valence-corrected chi connectivity index (χ4v) is 3.25. The number of aromatic hydroxyl groups is 1. The van der Waals surface area contributed by atoms with E-state index >= 15 is 0 Å². The molecule has 24 heavy (non-hydrogen) atoms. The number of hydrogen-bond acceptors (Lipinski definition) is 4. The van der Waals surface area contributed by atoms with Crippen molar-refractivity contribution in [3.05, 3.63) is 77.2 Å². The Labute approximate surface area is 140 Å². The summed E-state index contributed by atoms with van der Waals surface area (Å²) in [7, 11) is 0. The molecule has 1 aliphatic rings. The molecule has 120 valence electrons. The molecule has 4 heteroatoms. The van der Waals surface area contributed by atoms with Crippen LogP contribution in [0.5, 0.6) is 5.75 Å². The molecule has 0 saturated carbocycles. The molecule has 2 heterocycles. The van der Waals surface area contributed by atoms with E-state index in [1.54, 1.807) is 6.07 Å². The highest BCUT2D eigenvalue weighted by atomic mass is 16.5. The van der Waals surface area contributed by atoms with Gasteiger partial charge < -0.3 is 9.63 Å². The van der Waals surface area contributed by atoms with Crippen LogP contribution in [0.1, 0.15) is 34.9 Å². The maximum Gasteiger partial charge on any atom is 0.163 e. The summed E-state index contributed by atoms with van der Waals surface area (Å²) in [5.74, 6) is 1.30. The average Bonchev–Trinajstić information content (AvgIpc) is 2.84. The number of aliphatic imine (C=N–C) groups is 1. The highest BCUT2D eigenvalue weighted by Crippen LogP contribution is 2.37. The van der Waals surface area contributed by atoms with Crippen LogP contribution in [-0.2, 0) is 6.42 Å². The zero-order valence-corrected chi connectivity index (χ0v) is 13.4. The first kappa shape index (κ1) is 14.7. The van der Waals surface area contributed by atoms with Crippen LogP contribution in [-0.4, -0.2) is 16.0 Å². The van der Waals surface area contributed by atoms with Crippen LogP contribution in [0.4, 0.5) is 5.69 Å². The molecule has 0 amide bonds. The van der Waals surface area contributed by atoms with E-state index in [1.807, 2.05) is 43.3 Å². The predicted molar refractivity (Wildman–Crippen MR) is 93.0 cm³/mol. The molecular formula is C20H18N2O2.